The SMILES string of the molecule is O=C(Nc1cccc(C(=O)NCc2cccs2)c1)NC1CCCN(Cc2ccc(F)cc2Cl)C1. The van der Waals surface area contributed by atoms with Gasteiger partial charge in [-0.2, -0.15) is 0 Å². The van der Waals surface area contributed by atoms with Crippen LogP contribution in [0.1, 0.15) is 33.6 Å². The van der Waals surface area contributed by atoms with Gasteiger partial charge in [-0.3, -0.25) is 9.69 Å². The van der Waals surface area contributed by atoms with E-state index in [1.807, 2.05) is 17.5 Å². The number of hydrogen-bond donors (Lipinski definition) is 3. The highest BCUT2D eigenvalue weighted by Gasteiger charge is 2.22. The third-order valence-electron chi connectivity index (χ3n) is 5.64. The summed E-state index contributed by atoms with van der Waals surface area (Å²) >= 11 is 7.75. The lowest BCUT2D eigenvalue weighted by atomic mass is 10.0. The third kappa shape index (κ3) is 6.79. The lowest BCUT2D eigenvalue weighted by Crippen LogP contribution is -2.48. The molecular formula is C25H26ClFN4O2S. The zero-order valence-corrected chi connectivity index (χ0v) is 20.1. The average Bonchev–Trinajstić information content (AvgIpc) is 3.33. The minimum absolute atomic E-state index is 0.0229. The highest BCUT2D eigenvalue weighted by Crippen LogP contribution is 2.21. The molecule has 0 saturated carbocycles. The van der Waals surface area contributed by atoms with Gasteiger partial charge in [0.15, 0.2) is 0 Å². The van der Waals surface area contributed by atoms with Gasteiger partial charge in [-0.1, -0.05) is 29.8 Å². The zero-order chi connectivity index (χ0) is 23.9. The fourth-order valence-electron chi connectivity index (χ4n) is 3.98. The van der Waals surface area contributed by atoms with Crippen molar-refractivity contribution in [3.63, 3.8) is 0 Å². The fraction of sp³-hybridized carbons (Fsp3) is 0.280. The molecule has 0 radical (unpaired) electrons. The minimum atomic E-state index is -0.354. The standard InChI is InChI=1S/C25H26ClFN4O2S/c26-23-13-19(27)9-8-18(23)15-31-10-2-6-21(16-31)30-25(33)29-20-5-1-4-17(12-20)24(32)28-14-22-7-3-11-34-22/h1,3-5,7-9,11-13,21H,2,6,10,14-16H2,(H,28,32)(H2,29,30,33). The van der Waals surface area contributed by atoms with Crippen molar-refractivity contribution in [2.75, 3.05) is 18.4 Å². The first-order chi connectivity index (χ1) is 16.5. The van der Waals surface area contributed by atoms with Crippen LogP contribution in [0.5, 0.6) is 0 Å². The van der Waals surface area contributed by atoms with Gasteiger partial charge in [0, 0.05) is 40.3 Å². The number of halogens is 2. The Bertz CT molecular complexity index is 1140. The van der Waals surface area contributed by atoms with Gasteiger partial charge in [-0.15, -0.1) is 11.3 Å². The van der Waals surface area contributed by atoms with Crippen LogP contribution in [0.15, 0.2) is 60.0 Å². The number of amides is 3. The van der Waals surface area contributed by atoms with Gasteiger partial charge in [-0.25, -0.2) is 9.18 Å². The molecular weight excluding hydrogens is 475 g/mol. The molecule has 3 amide bonds. The van der Waals surface area contributed by atoms with Crippen LogP contribution in [0.4, 0.5) is 14.9 Å². The summed E-state index contributed by atoms with van der Waals surface area (Å²) in [5, 5.41) is 11.1. The van der Waals surface area contributed by atoms with E-state index in [4.69, 9.17) is 11.6 Å². The number of carbonyl (C=O) groups excluding carboxylic acids is 2. The van der Waals surface area contributed by atoms with Crippen LogP contribution in [0.2, 0.25) is 5.02 Å². The molecule has 0 spiro atoms. The summed E-state index contributed by atoms with van der Waals surface area (Å²) in [7, 11) is 0. The molecule has 3 aromatic rings. The first-order valence-corrected chi connectivity index (χ1v) is 12.4. The number of hydrogen-bond acceptors (Lipinski definition) is 4. The largest absolute Gasteiger partial charge is 0.347 e. The van der Waals surface area contributed by atoms with Gasteiger partial charge < -0.3 is 16.0 Å². The summed E-state index contributed by atoms with van der Waals surface area (Å²) in [5.74, 6) is -0.549. The van der Waals surface area contributed by atoms with E-state index in [0.717, 1.165) is 29.8 Å². The molecule has 178 valence electrons. The second kappa shape index (κ2) is 11.5. The first kappa shape index (κ1) is 24.2. The number of piperidine rings is 1. The second-order valence-corrected chi connectivity index (χ2v) is 9.69. The number of likely N-dealkylation sites (tertiary alicyclic amines) is 1. The molecule has 3 N–H and O–H groups in total. The smallest absolute Gasteiger partial charge is 0.319 e. The van der Waals surface area contributed by atoms with Crippen LogP contribution in [0.3, 0.4) is 0 Å². The second-order valence-electron chi connectivity index (χ2n) is 8.25. The van der Waals surface area contributed by atoms with Gasteiger partial charge >= 0.3 is 6.03 Å². The summed E-state index contributed by atoms with van der Waals surface area (Å²) in [6, 6.07) is 14.9. The van der Waals surface area contributed by atoms with E-state index >= 15 is 0 Å². The summed E-state index contributed by atoms with van der Waals surface area (Å²) in [6.45, 7) is 2.62. The van der Waals surface area contributed by atoms with E-state index in [2.05, 4.69) is 20.9 Å². The normalized spacial score (nSPS) is 16.1. The Morgan fingerprint density at radius 1 is 1.15 bits per heavy atom. The van der Waals surface area contributed by atoms with E-state index in [0.29, 0.717) is 35.9 Å². The molecule has 1 aromatic heterocycles. The van der Waals surface area contributed by atoms with Crippen LogP contribution < -0.4 is 16.0 Å². The molecule has 4 rings (SSSR count). The first-order valence-electron chi connectivity index (χ1n) is 11.1. The maximum absolute atomic E-state index is 13.3. The van der Waals surface area contributed by atoms with Crippen LogP contribution in [0, 0.1) is 5.82 Å². The van der Waals surface area contributed by atoms with Crippen molar-refractivity contribution in [3.8, 4) is 0 Å². The Morgan fingerprint density at radius 2 is 2.03 bits per heavy atom. The molecule has 34 heavy (non-hydrogen) atoms. The number of nitrogens with one attached hydrogen (secondary N) is 3. The van der Waals surface area contributed by atoms with Crippen molar-refractivity contribution in [1.82, 2.24) is 15.5 Å². The van der Waals surface area contributed by atoms with E-state index in [-0.39, 0.29) is 23.8 Å². The predicted molar refractivity (Wildman–Crippen MR) is 134 cm³/mol. The van der Waals surface area contributed by atoms with Crippen molar-refractivity contribution in [2.45, 2.75) is 32.0 Å². The summed E-state index contributed by atoms with van der Waals surface area (Å²) in [4.78, 5) is 28.3. The van der Waals surface area contributed by atoms with Crippen molar-refractivity contribution in [3.05, 3.63) is 86.8 Å². The molecule has 0 aliphatic carbocycles. The van der Waals surface area contributed by atoms with Crippen molar-refractivity contribution in [2.24, 2.45) is 0 Å². The van der Waals surface area contributed by atoms with E-state index in [1.165, 1.54) is 12.1 Å². The summed E-state index contributed by atoms with van der Waals surface area (Å²) in [5.41, 5.74) is 1.89. The van der Waals surface area contributed by atoms with E-state index in [9.17, 15) is 14.0 Å². The molecule has 0 bridgehead atoms. The Hall–Kier alpha value is -2.94. The Balaban J connectivity index is 1.28. The lowest BCUT2D eigenvalue weighted by molar-refractivity contribution is 0.0951. The Kier molecular flexibility index (Phi) is 8.16. The zero-order valence-electron chi connectivity index (χ0n) is 18.5. The Labute approximate surface area is 207 Å². The number of carbonyl (C=O) groups is 2. The summed E-state index contributed by atoms with van der Waals surface area (Å²) < 4.78 is 13.3. The van der Waals surface area contributed by atoms with Crippen molar-refractivity contribution >= 4 is 40.6 Å². The quantitative estimate of drug-likeness (QED) is 0.414. The number of benzene rings is 2. The molecule has 1 aliphatic rings. The van der Waals surface area contributed by atoms with Gasteiger partial charge in [0.2, 0.25) is 0 Å². The topological polar surface area (TPSA) is 73.5 Å². The van der Waals surface area contributed by atoms with Crippen molar-refractivity contribution < 1.29 is 14.0 Å². The predicted octanol–water partition coefficient (Wildman–Crippen LogP) is 5.26. The maximum atomic E-state index is 13.3. The van der Waals surface area contributed by atoms with Crippen LogP contribution in [-0.2, 0) is 13.1 Å². The average molecular weight is 501 g/mol. The number of thiophene rings is 1. The molecule has 2 aromatic carbocycles. The fourth-order valence-corrected chi connectivity index (χ4v) is 4.85. The highest BCUT2D eigenvalue weighted by molar-refractivity contribution is 7.09. The number of urea groups is 1. The molecule has 1 saturated heterocycles. The lowest BCUT2D eigenvalue weighted by Gasteiger charge is -2.33. The molecule has 2 heterocycles. The summed E-state index contributed by atoms with van der Waals surface area (Å²) in [6.07, 6.45) is 1.80. The van der Waals surface area contributed by atoms with E-state index < -0.39 is 0 Å². The molecule has 1 unspecified atom stereocenters. The molecule has 6 nitrogen and oxygen atoms in total. The van der Waals surface area contributed by atoms with Gasteiger partial charge in [0.05, 0.1) is 6.54 Å². The van der Waals surface area contributed by atoms with Crippen molar-refractivity contribution in [1.29, 1.82) is 0 Å². The minimum Gasteiger partial charge on any atom is -0.347 e. The Morgan fingerprint density at radius 3 is 2.82 bits per heavy atom. The molecule has 1 fully saturated rings. The van der Waals surface area contributed by atoms with E-state index in [1.54, 1.807) is 41.7 Å². The number of nitrogens with zero attached hydrogens (tertiary/aromatic N) is 1. The molecule has 1 atom stereocenters. The van der Waals surface area contributed by atoms with Crippen LogP contribution >= 0.6 is 22.9 Å². The van der Waals surface area contributed by atoms with Crippen LogP contribution in [-0.4, -0.2) is 36.0 Å². The number of rotatable bonds is 7. The third-order valence-corrected chi connectivity index (χ3v) is 6.86. The van der Waals surface area contributed by atoms with Gasteiger partial charge in [0.25, 0.3) is 5.91 Å². The monoisotopic (exact) mass is 500 g/mol. The highest BCUT2D eigenvalue weighted by atomic mass is 35.5. The molecule has 9 heteroatoms. The van der Waals surface area contributed by atoms with Gasteiger partial charge in [0.1, 0.15) is 5.82 Å². The number of anilines is 1. The maximum Gasteiger partial charge on any atom is 0.319 e. The van der Waals surface area contributed by atoms with Crippen LogP contribution in [0.25, 0.3) is 0 Å². The molecule has 1 aliphatic heterocycles. The van der Waals surface area contributed by atoms with Gasteiger partial charge in [-0.05, 0) is 66.7 Å².